The van der Waals surface area contributed by atoms with Crippen LogP contribution in [-0.4, -0.2) is 32.5 Å². The molecule has 110 valence electrons. The van der Waals surface area contributed by atoms with Crippen molar-refractivity contribution in [3.63, 3.8) is 0 Å². The number of hydrogen-bond acceptors (Lipinski definition) is 3. The molecule has 0 saturated heterocycles. The first kappa shape index (κ1) is 17.9. The molecular formula is C14H31NO2S. The van der Waals surface area contributed by atoms with E-state index in [1.54, 1.807) is 6.92 Å². The van der Waals surface area contributed by atoms with E-state index in [1.807, 2.05) is 0 Å². The Balaban J connectivity index is 3.91. The van der Waals surface area contributed by atoms with Crippen LogP contribution in [0.25, 0.3) is 0 Å². The largest absolute Gasteiger partial charge is 0.314 e. The van der Waals surface area contributed by atoms with Crippen LogP contribution in [0.2, 0.25) is 0 Å². The van der Waals surface area contributed by atoms with Gasteiger partial charge in [0.25, 0.3) is 0 Å². The minimum Gasteiger partial charge on any atom is -0.314 e. The maximum absolute atomic E-state index is 11.4. The third-order valence-corrected chi connectivity index (χ3v) is 5.08. The van der Waals surface area contributed by atoms with Crippen molar-refractivity contribution >= 4 is 9.84 Å². The molecule has 0 bridgehead atoms. The van der Waals surface area contributed by atoms with Crippen molar-refractivity contribution in [3.8, 4) is 0 Å². The summed E-state index contributed by atoms with van der Waals surface area (Å²) in [6.45, 7) is 7.14. The standard InChI is InChI=1S/C14H31NO2S/c1-4-7-8-10-14(15-12-5-2)11-9-13-18(16,17)6-3/h14-15H,4-13H2,1-3H3. The van der Waals surface area contributed by atoms with Crippen molar-refractivity contribution in [3.05, 3.63) is 0 Å². The Morgan fingerprint density at radius 3 is 2.17 bits per heavy atom. The molecule has 0 fully saturated rings. The fourth-order valence-electron chi connectivity index (χ4n) is 2.03. The first-order valence-electron chi connectivity index (χ1n) is 7.49. The van der Waals surface area contributed by atoms with Gasteiger partial charge in [-0.25, -0.2) is 8.42 Å². The van der Waals surface area contributed by atoms with E-state index in [9.17, 15) is 8.42 Å². The Bertz CT molecular complexity index is 276. The zero-order valence-corrected chi connectivity index (χ0v) is 13.2. The fraction of sp³-hybridized carbons (Fsp3) is 1.00. The van der Waals surface area contributed by atoms with Gasteiger partial charge in [-0.2, -0.15) is 0 Å². The van der Waals surface area contributed by atoms with Crippen molar-refractivity contribution in [2.24, 2.45) is 0 Å². The molecule has 18 heavy (non-hydrogen) atoms. The van der Waals surface area contributed by atoms with E-state index in [0.29, 0.717) is 11.8 Å². The van der Waals surface area contributed by atoms with Crippen LogP contribution in [0.3, 0.4) is 0 Å². The van der Waals surface area contributed by atoms with Crippen LogP contribution in [-0.2, 0) is 9.84 Å². The average Bonchev–Trinajstić information content (AvgIpc) is 2.35. The molecule has 0 aromatic rings. The van der Waals surface area contributed by atoms with Gasteiger partial charge in [-0.1, -0.05) is 40.0 Å². The molecule has 0 rings (SSSR count). The lowest BCUT2D eigenvalue weighted by atomic mass is 10.0. The van der Waals surface area contributed by atoms with Gasteiger partial charge in [-0.3, -0.25) is 0 Å². The molecule has 0 aromatic heterocycles. The molecule has 1 unspecified atom stereocenters. The minimum atomic E-state index is -2.79. The summed E-state index contributed by atoms with van der Waals surface area (Å²) in [5.74, 6) is 0.622. The Morgan fingerprint density at radius 2 is 1.61 bits per heavy atom. The predicted octanol–water partition coefficient (Wildman–Crippen LogP) is 3.15. The van der Waals surface area contributed by atoms with Gasteiger partial charge >= 0.3 is 0 Å². The molecule has 0 aliphatic heterocycles. The highest BCUT2D eigenvalue weighted by atomic mass is 32.2. The number of sulfone groups is 1. The molecule has 0 saturated carbocycles. The summed E-state index contributed by atoms with van der Waals surface area (Å²) in [6, 6.07) is 0.503. The lowest BCUT2D eigenvalue weighted by Crippen LogP contribution is -2.30. The zero-order chi connectivity index (χ0) is 13.9. The van der Waals surface area contributed by atoms with E-state index in [0.717, 1.165) is 25.8 Å². The molecule has 0 aliphatic rings. The smallest absolute Gasteiger partial charge is 0.150 e. The van der Waals surface area contributed by atoms with Gasteiger partial charge < -0.3 is 5.32 Å². The maximum Gasteiger partial charge on any atom is 0.150 e. The van der Waals surface area contributed by atoms with Gasteiger partial charge in [-0.05, 0) is 32.2 Å². The SMILES string of the molecule is CCCCCC(CCCS(=O)(=O)CC)NCCC. The van der Waals surface area contributed by atoms with Crippen molar-refractivity contribution in [2.45, 2.75) is 71.8 Å². The topological polar surface area (TPSA) is 46.2 Å². The van der Waals surface area contributed by atoms with Gasteiger partial charge in [-0.15, -0.1) is 0 Å². The third-order valence-electron chi connectivity index (χ3n) is 3.29. The summed E-state index contributed by atoms with van der Waals surface area (Å²) < 4.78 is 22.9. The van der Waals surface area contributed by atoms with Gasteiger partial charge in [0.2, 0.25) is 0 Å². The van der Waals surface area contributed by atoms with Crippen LogP contribution in [0.15, 0.2) is 0 Å². The second kappa shape index (κ2) is 10.8. The summed E-state index contributed by atoms with van der Waals surface area (Å²) in [4.78, 5) is 0. The Kier molecular flexibility index (Phi) is 10.7. The minimum absolute atomic E-state index is 0.274. The third kappa shape index (κ3) is 9.89. The van der Waals surface area contributed by atoms with Gasteiger partial charge in [0, 0.05) is 11.8 Å². The molecule has 4 heteroatoms. The summed E-state index contributed by atoms with van der Waals surface area (Å²) in [5.41, 5.74) is 0. The molecule has 1 N–H and O–H groups in total. The van der Waals surface area contributed by atoms with Crippen LogP contribution in [0, 0.1) is 0 Å². The van der Waals surface area contributed by atoms with Crippen LogP contribution in [0.1, 0.15) is 65.7 Å². The Morgan fingerprint density at radius 1 is 0.944 bits per heavy atom. The van der Waals surface area contributed by atoms with E-state index in [-0.39, 0.29) is 5.75 Å². The molecule has 0 amide bonds. The van der Waals surface area contributed by atoms with E-state index >= 15 is 0 Å². The number of unbranched alkanes of at least 4 members (excludes halogenated alkanes) is 2. The highest BCUT2D eigenvalue weighted by molar-refractivity contribution is 7.91. The zero-order valence-electron chi connectivity index (χ0n) is 12.4. The lowest BCUT2D eigenvalue weighted by Gasteiger charge is -2.18. The van der Waals surface area contributed by atoms with E-state index in [4.69, 9.17) is 0 Å². The molecule has 0 aliphatic carbocycles. The van der Waals surface area contributed by atoms with Crippen molar-refractivity contribution in [2.75, 3.05) is 18.1 Å². The summed E-state index contributed by atoms with van der Waals surface area (Å²) in [6.07, 6.45) is 7.87. The van der Waals surface area contributed by atoms with E-state index in [2.05, 4.69) is 19.2 Å². The first-order valence-corrected chi connectivity index (χ1v) is 9.31. The molecule has 0 heterocycles. The number of hydrogen-bond donors (Lipinski definition) is 1. The summed E-state index contributed by atoms with van der Waals surface area (Å²) in [7, 11) is -2.79. The number of nitrogens with one attached hydrogen (secondary N) is 1. The van der Waals surface area contributed by atoms with Crippen molar-refractivity contribution in [1.82, 2.24) is 5.32 Å². The second-order valence-electron chi connectivity index (χ2n) is 5.03. The predicted molar refractivity (Wildman–Crippen MR) is 79.8 cm³/mol. The second-order valence-corrected chi connectivity index (χ2v) is 7.50. The van der Waals surface area contributed by atoms with Crippen molar-refractivity contribution in [1.29, 1.82) is 0 Å². The maximum atomic E-state index is 11.4. The molecule has 1 atom stereocenters. The normalized spacial score (nSPS) is 13.7. The van der Waals surface area contributed by atoms with Crippen LogP contribution in [0.5, 0.6) is 0 Å². The Hall–Kier alpha value is -0.0900. The summed E-state index contributed by atoms with van der Waals surface area (Å²) >= 11 is 0. The van der Waals surface area contributed by atoms with Crippen LogP contribution < -0.4 is 5.32 Å². The Labute approximate surface area is 114 Å². The highest BCUT2D eigenvalue weighted by Crippen LogP contribution is 2.10. The monoisotopic (exact) mass is 277 g/mol. The summed E-state index contributed by atoms with van der Waals surface area (Å²) in [5, 5.41) is 3.54. The average molecular weight is 277 g/mol. The van der Waals surface area contributed by atoms with Crippen LogP contribution in [0.4, 0.5) is 0 Å². The lowest BCUT2D eigenvalue weighted by molar-refractivity contribution is 0.431. The number of rotatable bonds is 12. The van der Waals surface area contributed by atoms with Gasteiger partial charge in [0.15, 0.2) is 0 Å². The van der Waals surface area contributed by atoms with Gasteiger partial charge in [0.05, 0.1) is 5.75 Å². The highest BCUT2D eigenvalue weighted by Gasteiger charge is 2.11. The fourth-order valence-corrected chi connectivity index (χ4v) is 2.93. The quantitative estimate of drug-likeness (QED) is 0.557. The van der Waals surface area contributed by atoms with E-state index in [1.165, 1.54) is 25.7 Å². The molecular weight excluding hydrogens is 246 g/mol. The molecule has 0 spiro atoms. The van der Waals surface area contributed by atoms with Gasteiger partial charge in [0.1, 0.15) is 9.84 Å². The molecule has 0 radical (unpaired) electrons. The first-order chi connectivity index (χ1) is 8.55. The molecule has 3 nitrogen and oxygen atoms in total. The van der Waals surface area contributed by atoms with Crippen LogP contribution >= 0.6 is 0 Å². The molecule has 0 aromatic carbocycles. The van der Waals surface area contributed by atoms with E-state index < -0.39 is 9.84 Å². The van der Waals surface area contributed by atoms with Crippen molar-refractivity contribution < 1.29 is 8.42 Å².